The zero-order chi connectivity index (χ0) is 18.2. The Balaban J connectivity index is 2.88. The third-order valence-electron chi connectivity index (χ3n) is 3.73. The third-order valence-corrected chi connectivity index (χ3v) is 3.73. The summed E-state index contributed by atoms with van der Waals surface area (Å²) in [6, 6.07) is 9.38. The highest BCUT2D eigenvalue weighted by molar-refractivity contribution is 5.37. The Kier molecular flexibility index (Phi) is 4.41. The molecule has 0 heterocycles. The summed E-state index contributed by atoms with van der Waals surface area (Å²) in [6.07, 6.45) is -11.6. The lowest BCUT2D eigenvalue weighted by Crippen LogP contribution is -2.65. The molecule has 0 aromatic heterocycles. The monoisotopic (exact) mass is 350 g/mol. The first kappa shape index (κ1) is 18.3. The molecule has 2 aromatic carbocycles. The number of benzene rings is 2. The van der Waals surface area contributed by atoms with Crippen LogP contribution in [0.5, 0.6) is 0 Å². The zero-order valence-corrected chi connectivity index (χ0v) is 11.9. The molecule has 2 atom stereocenters. The summed E-state index contributed by atoms with van der Waals surface area (Å²) in [4.78, 5) is 0. The van der Waals surface area contributed by atoms with Gasteiger partial charge in [0, 0.05) is 0 Å². The molecule has 0 radical (unpaired) electrons. The van der Waals surface area contributed by atoms with E-state index in [1.807, 2.05) is 0 Å². The molecule has 2 N–H and O–H groups in total. The topological polar surface area (TPSA) is 40.5 Å². The van der Waals surface area contributed by atoms with Crippen LogP contribution in [-0.4, -0.2) is 22.6 Å². The summed E-state index contributed by atoms with van der Waals surface area (Å²) >= 11 is 0. The maximum atomic E-state index is 13.6. The Labute approximate surface area is 133 Å². The van der Waals surface area contributed by atoms with E-state index in [2.05, 4.69) is 0 Å². The van der Waals surface area contributed by atoms with Gasteiger partial charge < -0.3 is 10.2 Å². The van der Waals surface area contributed by atoms with E-state index in [0.29, 0.717) is 24.3 Å². The predicted molar refractivity (Wildman–Crippen MR) is 72.8 cm³/mol. The molecule has 0 saturated heterocycles. The molecule has 0 bridgehead atoms. The van der Waals surface area contributed by atoms with Crippen LogP contribution in [0.3, 0.4) is 0 Å². The minimum Gasteiger partial charge on any atom is -0.374 e. The number of hydrogen-bond acceptors (Lipinski definition) is 2. The third kappa shape index (κ3) is 2.55. The molecule has 2 nitrogen and oxygen atoms in total. The number of halogens is 6. The van der Waals surface area contributed by atoms with Crippen molar-refractivity contribution < 1.29 is 36.6 Å². The molecule has 0 spiro atoms. The van der Waals surface area contributed by atoms with Crippen LogP contribution >= 0.6 is 0 Å². The van der Waals surface area contributed by atoms with Crippen molar-refractivity contribution in [3.8, 4) is 0 Å². The van der Waals surface area contributed by atoms with Crippen LogP contribution in [0.1, 0.15) is 11.1 Å². The lowest BCUT2D eigenvalue weighted by Gasteiger charge is -2.45. The van der Waals surface area contributed by atoms with E-state index in [9.17, 15) is 36.6 Å². The summed E-state index contributed by atoms with van der Waals surface area (Å²) in [5, 5.41) is 20.5. The van der Waals surface area contributed by atoms with Gasteiger partial charge in [0.2, 0.25) is 11.2 Å². The second kappa shape index (κ2) is 5.78. The van der Waals surface area contributed by atoms with Gasteiger partial charge in [0.05, 0.1) is 0 Å². The number of alkyl halides is 6. The normalized spacial score (nSPS) is 17.8. The Morgan fingerprint density at radius 3 is 0.958 bits per heavy atom. The summed E-state index contributed by atoms with van der Waals surface area (Å²) < 4.78 is 81.5. The van der Waals surface area contributed by atoms with E-state index < -0.39 is 34.7 Å². The lowest BCUT2D eigenvalue weighted by atomic mass is 9.72. The first-order valence-corrected chi connectivity index (χ1v) is 6.65. The second-order valence-electron chi connectivity index (χ2n) is 5.15. The standard InChI is InChI=1S/C16H12F6O2/c17-15(18,19)13(23,11-7-3-1-4-8-11)14(24,16(20,21)22)12-9-5-2-6-10-12/h1-10,23-24H/t13-,14-/m0/s1. The fraction of sp³-hybridized carbons (Fsp3) is 0.250. The summed E-state index contributed by atoms with van der Waals surface area (Å²) in [6.45, 7) is 0. The van der Waals surface area contributed by atoms with Crippen LogP contribution in [0, 0.1) is 0 Å². The first-order valence-electron chi connectivity index (χ1n) is 6.65. The number of aliphatic hydroxyl groups is 2. The van der Waals surface area contributed by atoms with Gasteiger partial charge in [-0.05, 0) is 11.1 Å². The van der Waals surface area contributed by atoms with E-state index in [4.69, 9.17) is 0 Å². The molecular formula is C16H12F6O2. The molecule has 0 amide bonds. The van der Waals surface area contributed by atoms with E-state index in [1.165, 1.54) is 12.1 Å². The molecule has 8 heteroatoms. The smallest absolute Gasteiger partial charge is 0.374 e. The van der Waals surface area contributed by atoms with Gasteiger partial charge in [-0.3, -0.25) is 0 Å². The average molecular weight is 350 g/mol. The SMILES string of the molecule is O[C@](c1ccccc1)(C(F)(F)F)[C@@](O)(c1ccccc1)C(F)(F)F. The molecule has 0 unspecified atom stereocenters. The molecule has 24 heavy (non-hydrogen) atoms. The van der Waals surface area contributed by atoms with Gasteiger partial charge >= 0.3 is 12.4 Å². The Morgan fingerprint density at radius 2 is 0.750 bits per heavy atom. The van der Waals surface area contributed by atoms with Gasteiger partial charge in [0.1, 0.15) is 0 Å². The van der Waals surface area contributed by atoms with Crippen LogP contribution in [0.4, 0.5) is 26.3 Å². The van der Waals surface area contributed by atoms with Gasteiger partial charge in [-0.2, -0.15) is 26.3 Å². The van der Waals surface area contributed by atoms with Crippen LogP contribution in [0.2, 0.25) is 0 Å². The van der Waals surface area contributed by atoms with Crippen molar-refractivity contribution in [2.75, 3.05) is 0 Å². The van der Waals surface area contributed by atoms with Gasteiger partial charge in [-0.25, -0.2) is 0 Å². The molecule has 0 aliphatic carbocycles. The zero-order valence-electron chi connectivity index (χ0n) is 11.9. The largest absolute Gasteiger partial charge is 0.425 e. The predicted octanol–water partition coefficient (Wildman–Crippen LogP) is 3.89. The minimum atomic E-state index is -5.81. The fourth-order valence-electron chi connectivity index (χ4n) is 2.51. The van der Waals surface area contributed by atoms with Crippen LogP contribution < -0.4 is 0 Å². The van der Waals surface area contributed by atoms with Crippen molar-refractivity contribution in [3.63, 3.8) is 0 Å². The summed E-state index contributed by atoms with van der Waals surface area (Å²) in [5.74, 6) is 0. The second-order valence-corrected chi connectivity index (χ2v) is 5.15. The quantitative estimate of drug-likeness (QED) is 0.825. The number of hydrogen-bond donors (Lipinski definition) is 2. The number of rotatable bonds is 3. The minimum absolute atomic E-state index is 0.674. The molecule has 0 aliphatic rings. The highest BCUT2D eigenvalue weighted by Gasteiger charge is 2.77. The van der Waals surface area contributed by atoms with Crippen LogP contribution in [0.25, 0.3) is 0 Å². The van der Waals surface area contributed by atoms with Crippen LogP contribution in [0.15, 0.2) is 60.7 Å². The van der Waals surface area contributed by atoms with Crippen molar-refractivity contribution in [3.05, 3.63) is 71.8 Å². The molecule has 0 aliphatic heterocycles. The Bertz CT molecular complexity index is 622. The summed E-state index contributed by atoms with van der Waals surface area (Å²) in [5.41, 5.74) is -11.4. The molecule has 2 rings (SSSR count). The van der Waals surface area contributed by atoms with Crippen molar-refractivity contribution in [1.29, 1.82) is 0 Å². The van der Waals surface area contributed by atoms with E-state index in [-0.39, 0.29) is 0 Å². The summed E-state index contributed by atoms with van der Waals surface area (Å²) in [7, 11) is 0. The first-order chi connectivity index (χ1) is 11.0. The Hall–Kier alpha value is -2.06. The van der Waals surface area contributed by atoms with Crippen molar-refractivity contribution in [2.45, 2.75) is 23.6 Å². The maximum Gasteiger partial charge on any atom is 0.425 e. The highest BCUT2D eigenvalue weighted by atomic mass is 19.4. The van der Waals surface area contributed by atoms with Crippen LogP contribution in [-0.2, 0) is 11.2 Å². The highest BCUT2D eigenvalue weighted by Crippen LogP contribution is 2.57. The van der Waals surface area contributed by atoms with E-state index in [0.717, 1.165) is 24.3 Å². The Morgan fingerprint density at radius 1 is 0.500 bits per heavy atom. The van der Waals surface area contributed by atoms with Gasteiger partial charge in [0.25, 0.3) is 0 Å². The van der Waals surface area contributed by atoms with E-state index in [1.54, 1.807) is 0 Å². The van der Waals surface area contributed by atoms with Gasteiger partial charge in [-0.15, -0.1) is 0 Å². The molecule has 130 valence electrons. The average Bonchev–Trinajstić information content (AvgIpc) is 2.52. The van der Waals surface area contributed by atoms with Gasteiger partial charge in [0.15, 0.2) is 0 Å². The van der Waals surface area contributed by atoms with Crippen molar-refractivity contribution in [1.82, 2.24) is 0 Å². The lowest BCUT2D eigenvalue weighted by molar-refractivity contribution is -0.399. The maximum absolute atomic E-state index is 13.6. The molecule has 0 fully saturated rings. The molecule has 2 aromatic rings. The molecular weight excluding hydrogens is 338 g/mol. The molecule has 0 saturated carbocycles. The van der Waals surface area contributed by atoms with Crippen molar-refractivity contribution >= 4 is 0 Å². The fourth-order valence-corrected chi connectivity index (χ4v) is 2.51. The van der Waals surface area contributed by atoms with Crippen molar-refractivity contribution in [2.24, 2.45) is 0 Å². The van der Waals surface area contributed by atoms with Gasteiger partial charge in [-0.1, -0.05) is 60.7 Å². The van der Waals surface area contributed by atoms with E-state index >= 15 is 0 Å².